The topological polar surface area (TPSA) is 84.2 Å². The van der Waals surface area contributed by atoms with E-state index >= 15 is 0 Å². The van der Waals surface area contributed by atoms with Gasteiger partial charge in [0.05, 0.1) is 30.6 Å². The first-order chi connectivity index (χ1) is 14.8. The van der Waals surface area contributed by atoms with E-state index in [1.807, 2.05) is 39.0 Å². The van der Waals surface area contributed by atoms with Crippen LogP contribution in [0.1, 0.15) is 54.3 Å². The van der Waals surface area contributed by atoms with Crippen molar-refractivity contribution in [2.45, 2.75) is 52.1 Å². The van der Waals surface area contributed by atoms with Gasteiger partial charge in [0, 0.05) is 12.1 Å². The molecule has 1 aliphatic heterocycles. The van der Waals surface area contributed by atoms with E-state index in [2.05, 4.69) is 30.2 Å². The third-order valence-corrected chi connectivity index (χ3v) is 6.50. The summed E-state index contributed by atoms with van der Waals surface area (Å²) in [6.07, 6.45) is 0.849. The molecule has 0 aliphatic carbocycles. The van der Waals surface area contributed by atoms with Crippen molar-refractivity contribution >= 4 is 17.7 Å². The fraction of sp³-hybridized carbons (Fsp3) is 0.458. The maximum absolute atomic E-state index is 12.8. The molecule has 0 radical (unpaired) electrons. The molecular weight excluding hydrogens is 410 g/mol. The van der Waals surface area contributed by atoms with E-state index in [1.54, 1.807) is 0 Å². The number of benzene rings is 1. The predicted molar refractivity (Wildman–Crippen MR) is 122 cm³/mol. The Morgan fingerprint density at radius 3 is 2.58 bits per heavy atom. The summed E-state index contributed by atoms with van der Waals surface area (Å²) in [6.45, 7) is 11.2. The van der Waals surface area contributed by atoms with Gasteiger partial charge in [-0.1, -0.05) is 31.7 Å². The number of nitriles is 1. The molecular formula is C24H29N3O3S. The Morgan fingerprint density at radius 1 is 1.19 bits per heavy atom. The number of fused-ring (bicyclic) bond motifs is 1. The summed E-state index contributed by atoms with van der Waals surface area (Å²) in [6, 6.07) is 7.93. The van der Waals surface area contributed by atoms with Gasteiger partial charge < -0.3 is 14.8 Å². The summed E-state index contributed by atoms with van der Waals surface area (Å²) < 4.78 is 11.5. The van der Waals surface area contributed by atoms with Gasteiger partial charge in [0.25, 0.3) is 0 Å². The molecule has 2 aromatic rings. The van der Waals surface area contributed by atoms with Gasteiger partial charge in [0.2, 0.25) is 5.91 Å². The largest absolute Gasteiger partial charge is 0.490 e. The first-order valence-corrected chi connectivity index (χ1v) is 11.5. The molecule has 2 heterocycles. The highest BCUT2D eigenvalue weighted by molar-refractivity contribution is 8.00. The second kappa shape index (κ2) is 10.1. The van der Waals surface area contributed by atoms with Crippen LogP contribution in [-0.2, 0) is 4.79 Å². The van der Waals surface area contributed by atoms with Crippen molar-refractivity contribution in [3.63, 3.8) is 0 Å². The molecule has 6 nitrogen and oxygen atoms in total. The lowest BCUT2D eigenvalue weighted by Crippen LogP contribution is -2.33. The number of amides is 1. The Bertz CT molecular complexity index is 1010. The highest BCUT2D eigenvalue weighted by atomic mass is 32.2. The summed E-state index contributed by atoms with van der Waals surface area (Å²) in [5.74, 6) is 1.74. The SMILES string of the molecule is Cc1nc(SCC(=O)N[C@@H](c2ccc3c(c2)OCCCO3)C(C)C)c(C#N)c(C)c1C. The second-order valence-corrected chi connectivity index (χ2v) is 9.04. The zero-order chi connectivity index (χ0) is 22.5. The van der Waals surface area contributed by atoms with Gasteiger partial charge in [-0.3, -0.25) is 4.79 Å². The van der Waals surface area contributed by atoms with Crippen LogP contribution in [0.15, 0.2) is 23.2 Å². The van der Waals surface area contributed by atoms with Crippen molar-refractivity contribution in [3.05, 3.63) is 46.1 Å². The van der Waals surface area contributed by atoms with Crippen molar-refractivity contribution in [1.29, 1.82) is 5.26 Å². The number of nitrogens with one attached hydrogen (secondary N) is 1. The van der Waals surface area contributed by atoms with Crippen LogP contribution in [0, 0.1) is 38.0 Å². The zero-order valence-electron chi connectivity index (χ0n) is 18.7. The van der Waals surface area contributed by atoms with Gasteiger partial charge in [0.1, 0.15) is 11.1 Å². The maximum Gasteiger partial charge on any atom is 0.230 e. The molecule has 1 aromatic heterocycles. The summed E-state index contributed by atoms with van der Waals surface area (Å²) in [7, 11) is 0. The predicted octanol–water partition coefficient (Wildman–Crippen LogP) is 4.65. The number of pyridine rings is 1. The molecule has 0 fully saturated rings. The molecule has 1 amide bonds. The number of ether oxygens (including phenoxy) is 2. The third kappa shape index (κ3) is 5.31. The summed E-state index contributed by atoms with van der Waals surface area (Å²) in [5, 5.41) is 13.3. The Morgan fingerprint density at radius 2 is 1.90 bits per heavy atom. The van der Waals surface area contributed by atoms with Crippen LogP contribution >= 0.6 is 11.8 Å². The number of hydrogen-bond donors (Lipinski definition) is 1. The summed E-state index contributed by atoms with van der Waals surface area (Å²) in [5.41, 5.74) is 4.34. The van der Waals surface area contributed by atoms with Crippen LogP contribution in [-0.4, -0.2) is 29.9 Å². The van der Waals surface area contributed by atoms with Gasteiger partial charge in [0.15, 0.2) is 11.5 Å². The van der Waals surface area contributed by atoms with E-state index in [9.17, 15) is 10.1 Å². The molecule has 164 valence electrons. The van der Waals surface area contributed by atoms with Crippen molar-refractivity contribution in [2.24, 2.45) is 5.92 Å². The highest BCUT2D eigenvalue weighted by Gasteiger charge is 2.22. The van der Waals surface area contributed by atoms with Crippen LogP contribution < -0.4 is 14.8 Å². The monoisotopic (exact) mass is 439 g/mol. The molecule has 1 aliphatic rings. The Hall–Kier alpha value is -2.72. The molecule has 0 bridgehead atoms. The van der Waals surface area contributed by atoms with Gasteiger partial charge in [-0.15, -0.1) is 0 Å². The number of hydrogen-bond acceptors (Lipinski definition) is 6. The van der Waals surface area contributed by atoms with E-state index in [0.717, 1.165) is 40.3 Å². The lowest BCUT2D eigenvalue weighted by Gasteiger charge is -2.24. The quantitative estimate of drug-likeness (QED) is 0.660. The molecule has 0 spiro atoms. The van der Waals surface area contributed by atoms with Crippen LogP contribution in [0.2, 0.25) is 0 Å². The van der Waals surface area contributed by atoms with E-state index in [-0.39, 0.29) is 23.6 Å². The number of carbonyl (C=O) groups excluding carboxylic acids is 1. The van der Waals surface area contributed by atoms with Crippen molar-refractivity contribution in [3.8, 4) is 17.6 Å². The fourth-order valence-corrected chi connectivity index (χ4v) is 4.40. The number of nitrogens with zero attached hydrogens (tertiary/aromatic N) is 2. The zero-order valence-corrected chi connectivity index (χ0v) is 19.6. The minimum atomic E-state index is -0.157. The van der Waals surface area contributed by atoms with Crippen LogP contribution in [0.25, 0.3) is 0 Å². The van der Waals surface area contributed by atoms with E-state index < -0.39 is 0 Å². The molecule has 1 aromatic carbocycles. The summed E-state index contributed by atoms with van der Waals surface area (Å²) >= 11 is 1.30. The molecule has 3 rings (SSSR count). The normalized spacial score (nSPS) is 14.0. The number of aromatic nitrogens is 1. The number of carbonyl (C=O) groups is 1. The molecule has 0 saturated heterocycles. The molecule has 1 atom stereocenters. The second-order valence-electron chi connectivity index (χ2n) is 8.07. The fourth-order valence-electron chi connectivity index (χ4n) is 3.50. The minimum absolute atomic E-state index is 0.0996. The number of rotatable bonds is 6. The van der Waals surface area contributed by atoms with Gasteiger partial charge in [-0.05, 0) is 55.5 Å². The average molecular weight is 440 g/mol. The molecule has 7 heteroatoms. The Labute approximate surface area is 188 Å². The van der Waals surface area contributed by atoms with Crippen LogP contribution in [0.5, 0.6) is 11.5 Å². The van der Waals surface area contributed by atoms with E-state index in [0.29, 0.717) is 23.8 Å². The number of thioether (sulfide) groups is 1. The number of aryl methyl sites for hydroxylation is 1. The van der Waals surface area contributed by atoms with Crippen LogP contribution in [0.3, 0.4) is 0 Å². The van der Waals surface area contributed by atoms with E-state index in [1.165, 1.54) is 11.8 Å². The molecule has 0 saturated carbocycles. The third-order valence-electron chi connectivity index (χ3n) is 5.53. The van der Waals surface area contributed by atoms with Crippen LogP contribution in [0.4, 0.5) is 0 Å². The smallest absolute Gasteiger partial charge is 0.230 e. The Balaban J connectivity index is 1.73. The molecule has 0 unspecified atom stereocenters. The molecule has 1 N–H and O–H groups in total. The van der Waals surface area contributed by atoms with Gasteiger partial charge >= 0.3 is 0 Å². The summed E-state index contributed by atoms with van der Waals surface area (Å²) in [4.78, 5) is 17.3. The van der Waals surface area contributed by atoms with Crippen molar-refractivity contribution in [2.75, 3.05) is 19.0 Å². The Kier molecular flexibility index (Phi) is 7.45. The average Bonchev–Trinajstić information content (AvgIpc) is 2.99. The van der Waals surface area contributed by atoms with Gasteiger partial charge in [-0.2, -0.15) is 5.26 Å². The maximum atomic E-state index is 12.8. The van der Waals surface area contributed by atoms with E-state index in [4.69, 9.17) is 9.47 Å². The standard InChI is InChI=1S/C24H29N3O3S/c1-14(2)23(18-7-8-20-21(11-18)30-10-6-9-29-20)27-22(28)13-31-24-19(12-25)16(4)15(3)17(5)26-24/h7-8,11,14,23H,6,9-10,13H2,1-5H3,(H,27,28)/t23-/m1/s1. The van der Waals surface area contributed by atoms with Crippen molar-refractivity contribution in [1.82, 2.24) is 10.3 Å². The highest BCUT2D eigenvalue weighted by Crippen LogP contribution is 2.34. The minimum Gasteiger partial charge on any atom is -0.490 e. The molecule has 31 heavy (non-hydrogen) atoms. The van der Waals surface area contributed by atoms with Gasteiger partial charge in [-0.25, -0.2) is 4.98 Å². The van der Waals surface area contributed by atoms with Crippen molar-refractivity contribution < 1.29 is 14.3 Å². The lowest BCUT2D eigenvalue weighted by atomic mass is 9.95. The first kappa shape index (κ1) is 23.0. The lowest BCUT2D eigenvalue weighted by molar-refractivity contribution is -0.119. The first-order valence-electron chi connectivity index (χ1n) is 10.5.